The van der Waals surface area contributed by atoms with Crippen LogP contribution in [0.2, 0.25) is 0 Å². The molecule has 0 aromatic carbocycles. The van der Waals surface area contributed by atoms with Gasteiger partial charge in [0.2, 0.25) is 0 Å². The fourth-order valence-electron chi connectivity index (χ4n) is 1.14. The first kappa shape index (κ1) is 10.1. The number of aromatic amines is 1. The van der Waals surface area contributed by atoms with Crippen LogP contribution >= 0.6 is 0 Å². The fraction of sp³-hybridized carbons (Fsp3) is 0.875. The molecular weight excluding hydrogens is 166 g/mol. The van der Waals surface area contributed by atoms with Crippen molar-refractivity contribution in [3.05, 3.63) is 5.82 Å². The van der Waals surface area contributed by atoms with Crippen LogP contribution in [0.15, 0.2) is 0 Å². The van der Waals surface area contributed by atoms with Gasteiger partial charge in [0.15, 0.2) is 5.82 Å². The van der Waals surface area contributed by atoms with Gasteiger partial charge in [0.05, 0.1) is 6.04 Å². The number of tetrazole rings is 1. The summed E-state index contributed by atoms with van der Waals surface area (Å²) in [6, 6.07) is 0.190. The second-order valence-electron chi connectivity index (χ2n) is 3.15. The van der Waals surface area contributed by atoms with E-state index in [1.54, 1.807) is 0 Å². The normalized spacial score (nSPS) is 13.1. The summed E-state index contributed by atoms with van der Waals surface area (Å²) in [5, 5.41) is 17.1. The summed E-state index contributed by atoms with van der Waals surface area (Å²) in [7, 11) is 0. The molecule has 1 aromatic heterocycles. The topological polar surface area (TPSA) is 66.5 Å². The Bertz CT molecular complexity index is 208. The highest BCUT2D eigenvalue weighted by molar-refractivity contribution is 4.85. The molecule has 0 aliphatic heterocycles. The third kappa shape index (κ3) is 3.50. The zero-order valence-corrected chi connectivity index (χ0v) is 8.25. The molecule has 0 spiro atoms. The number of hydrogen-bond donors (Lipinski definition) is 2. The minimum atomic E-state index is 0.190. The molecule has 0 radical (unpaired) electrons. The summed E-state index contributed by atoms with van der Waals surface area (Å²) >= 11 is 0. The Morgan fingerprint density at radius 3 is 2.92 bits per heavy atom. The van der Waals surface area contributed by atoms with Crippen LogP contribution in [0.1, 0.15) is 45.0 Å². The van der Waals surface area contributed by atoms with Crippen LogP contribution in [0.3, 0.4) is 0 Å². The maximum Gasteiger partial charge on any atom is 0.191 e. The Morgan fingerprint density at radius 2 is 2.31 bits per heavy atom. The molecule has 2 N–H and O–H groups in total. The van der Waals surface area contributed by atoms with Crippen LogP contribution in [0.4, 0.5) is 0 Å². The van der Waals surface area contributed by atoms with E-state index in [1.807, 2.05) is 6.92 Å². The monoisotopic (exact) mass is 183 g/mol. The molecule has 0 fully saturated rings. The van der Waals surface area contributed by atoms with E-state index in [9.17, 15) is 0 Å². The SMILES string of the molecule is CCCCCNC(C)c1nn[nH]n1. The van der Waals surface area contributed by atoms with Gasteiger partial charge in [-0.15, -0.1) is 10.2 Å². The summed E-state index contributed by atoms with van der Waals surface area (Å²) in [4.78, 5) is 0. The van der Waals surface area contributed by atoms with Gasteiger partial charge in [-0.25, -0.2) is 0 Å². The van der Waals surface area contributed by atoms with Crippen LogP contribution in [-0.4, -0.2) is 27.2 Å². The van der Waals surface area contributed by atoms with Gasteiger partial charge in [-0.2, -0.15) is 5.21 Å². The number of nitrogens with zero attached hydrogens (tertiary/aromatic N) is 3. The Morgan fingerprint density at radius 1 is 1.46 bits per heavy atom. The summed E-state index contributed by atoms with van der Waals surface area (Å²) in [5.74, 6) is 0.733. The lowest BCUT2D eigenvalue weighted by molar-refractivity contribution is 0.524. The first-order valence-electron chi connectivity index (χ1n) is 4.81. The lowest BCUT2D eigenvalue weighted by atomic mass is 10.2. The summed E-state index contributed by atoms with van der Waals surface area (Å²) in [6.45, 7) is 5.25. The fourth-order valence-corrected chi connectivity index (χ4v) is 1.14. The van der Waals surface area contributed by atoms with E-state index in [-0.39, 0.29) is 6.04 Å². The largest absolute Gasteiger partial charge is 0.307 e. The molecule has 0 aliphatic carbocycles. The molecule has 1 rings (SSSR count). The second-order valence-corrected chi connectivity index (χ2v) is 3.15. The maximum atomic E-state index is 3.91. The second kappa shape index (κ2) is 5.64. The van der Waals surface area contributed by atoms with Crippen molar-refractivity contribution >= 4 is 0 Å². The molecule has 0 bridgehead atoms. The van der Waals surface area contributed by atoms with Crippen molar-refractivity contribution in [2.75, 3.05) is 6.54 Å². The molecule has 1 aromatic rings. The Labute approximate surface area is 78.3 Å². The molecule has 0 amide bonds. The van der Waals surface area contributed by atoms with Crippen molar-refractivity contribution in [3.63, 3.8) is 0 Å². The number of aromatic nitrogens is 4. The van der Waals surface area contributed by atoms with E-state index in [0.29, 0.717) is 0 Å². The summed E-state index contributed by atoms with van der Waals surface area (Å²) in [5.41, 5.74) is 0. The van der Waals surface area contributed by atoms with Gasteiger partial charge < -0.3 is 5.32 Å². The molecular formula is C8H17N5. The van der Waals surface area contributed by atoms with Gasteiger partial charge in [-0.1, -0.05) is 25.0 Å². The molecule has 0 saturated heterocycles. The number of hydrogen-bond acceptors (Lipinski definition) is 4. The van der Waals surface area contributed by atoms with E-state index >= 15 is 0 Å². The van der Waals surface area contributed by atoms with Crippen LogP contribution in [0.25, 0.3) is 0 Å². The molecule has 74 valence electrons. The first-order chi connectivity index (χ1) is 6.34. The van der Waals surface area contributed by atoms with Crippen molar-refractivity contribution < 1.29 is 0 Å². The summed E-state index contributed by atoms with van der Waals surface area (Å²) in [6.07, 6.45) is 3.73. The van der Waals surface area contributed by atoms with Crippen LogP contribution in [0.5, 0.6) is 0 Å². The molecule has 13 heavy (non-hydrogen) atoms. The predicted molar refractivity (Wildman–Crippen MR) is 50.1 cm³/mol. The Hall–Kier alpha value is -0.970. The predicted octanol–water partition coefficient (Wildman–Crippen LogP) is 1.04. The third-order valence-electron chi connectivity index (χ3n) is 1.98. The van der Waals surface area contributed by atoms with E-state index in [4.69, 9.17) is 0 Å². The average Bonchev–Trinajstić information content (AvgIpc) is 2.65. The highest BCUT2D eigenvalue weighted by atomic mass is 15.5. The van der Waals surface area contributed by atoms with E-state index in [0.717, 1.165) is 12.4 Å². The van der Waals surface area contributed by atoms with Crippen molar-refractivity contribution in [2.24, 2.45) is 0 Å². The van der Waals surface area contributed by atoms with Gasteiger partial charge in [0.1, 0.15) is 0 Å². The van der Waals surface area contributed by atoms with Crippen LogP contribution < -0.4 is 5.32 Å². The van der Waals surface area contributed by atoms with Gasteiger partial charge in [0, 0.05) is 0 Å². The average molecular weight is 183 g/mol. The molecule has 0 saturated carbocycles. The van der Waals surface area contributed by atoms with Crippen molar-refractivity contribution in [3.8, 4) is 0 Å². The highest BCUT2D eigenvalue weighted by Crippen LogP contribution is 2.03. The number of nitrogens with one attached hydrogen (secondary N) is 2. The van der Waals surface area contributed by atoms with Crippen LogP contribution in [0, 0.1) is 0 Å². The smallest absolute Gasteiger partial charge is 0.191 e. The van der Waals surface area contributed by atoms with Gasteiger partial charge in [-0.05, 0) is 19.9 Å². The zero-order chi connectivity index (χ0) is 9.52. The number of rotatable bonds is 6. The van der Waals surface area contributed by atoms with Crippen molar-refractivity contribution in [1.29, 1.82) is 0 Å². The standard InChI is InChI=1S/C8H17N5/c1-3-4-5-6-9-7(2)8-10-12-13-11-8/h7,9H,3-6H2,1-2H3,(H,10,11,12,13). The highest BCUT2D eigenvalue weighted by Gasteiger charge is 2.07. The third-order valence-corrected chi connectivity index (χ3v) is 1.98. The summed E-state index contributed by atoms with van der Waals surface area (Å²) < 4.78 is 0. The number of H-pyrrole nitrogens is 1. The molecule has 5 heteroatoms. The Balaban J connectivity index is 2.15. The lowest BCUT2D eigenvalue weighted by Crippen LogP contribution is -2.20. The van der Waals surface area contributed by atoms with Crippen molar-refractivity contribution in [1.82, 2.24) is 25.9 Å². The molecule has 1 unspecified atom stereocenters. The molecule has 1 atom stereocenters. The molecule has 5 nitrogen and oxygen atoms in total. The lowest BCUT2D eigenvalue weighted by Gasteiger charge is -2.08. The quantitative estimate of drug-likeness (QED) is 0.647. The van der Waals surface area contributed by atoms with Gasteiger partial charge >= 0.3 is 0 Å². The number of unbranched alkanes of at least 4 members (excludes halogenated alkanes) is 2. The van der Waals surface area contributed by atoms with E-state index in [2.05, 4.69) is 32.9 Å². The zero-order valence-electron chi connectivity index (χ0n) is 8.25. The maximum absolute atomic E-state index is 3.91. The molecule has 0 aliphatic rings. The minimum absolute atomic E-state index is 0.190. The van der Waals surface area contributed by atoms with Gasteiger partial charge in [-0.3, -0.25) is 0 Å². The Kier molecular flexibility index (Phi) is 4.39. The molecule has 1 heterocycles. The van der Waals surface area contributed by atoms with E-state index in [1.165, 1.54) is 19.3 Å². The van der Waals surface area contributed by atoms with Crippen molar-refractivity contribution in [2.45, 2.75) is 39.2 Å². The first-order valence-corrected chi connectivity index (χ1v) is 4.81. The minimum Gasteiger partial charge on any atom is -0.307 e. The van der Waals surface area contributed by atoms with Crippen LogP contribution in [-0.2, 0) is 0 Å². The van der Waals surface area contributed by atoms with E-state index < -0.39 is 0 Å². The van der Waals surface area contributed by atoms with Gasteiger partial charge in [0.25, 0.3) is 0 Å².